The van der Waals surface area contributed by atoms with Crippen LogP contribution in [0.4, 0.5) is 5.69 Å². The molecule has 1 spiro atoms. The van der Waals surface area contributed by atoms with Gasteiger partial charge < -0.3 is 23.8 Å². The summed E-state index contributed by atoms with van der Waals surface area (Å²) in [6.07, 6.45) is 3.88. The van der Waals surface area contributed by atoms with Gasteiger partial charge in [-0.2, -0.15) is 0 Å². The number of benzene rings is 1. The second-order valence-electron chi connectivity index (χ2n) is 9.12. The van der Waals surface area contributed by atoms with E-state index in [-0.39, 0.29) is 30.1 Å². The first kappa shape index (κ1) is 18.5. The quantitative estimate of drug-likeness (QED) is 0.558. The molecule has 0 amide bonds. The van der Waals surface area contributed by atoms with Crippen molar-refractivity contribution in [3.63, 3.8) is 0 Å². The minimum atomic E-state index is -0.577. The zero-order chi connectivity index (χ0) is 21.0. The van der Waals surface area contributed by atoms with E-state index in [9.17, 15) is 4.79 Å². The molecule has 4 aliphatic heterocycles. The van der Waals surface area contributed by atoms with E-state index in [0.717, 1.165) is 30.6 Å². The first-order valence-corrected chi connectivity index (χ1v) is 10.6. The highest BCUT2D eigenvalue weighted by atomic mass is 16.6. The molecule has 6 rings (SSSR count). The van der Waals surface area contributed by atoms with Gasteiger partial charge in [0.15, 0.2) is 17.2 Å². The Kier molecular flexibility index (Phi) is 3.52. The maximum absolute atomic E-state index is 13.4. The molecule has 1 saturated carbocycles. The highest BCUT2D eigenvalue weighted by molar-refractivity contribution is 5.83. The summed E-state index contributed by atoms with van der Waals surface area (Å²) in [5.41, 5.74) is 2.43. The van der Waals surface area contributed by atoms with Gasteiger partial charge >= 0.3 is 5.97 Å². The highest BCUT2D eigenvalue weighted by Gasteiger charge is 2.83. The van der Waals surface area contributed by atoms with Gasteiger partial charge in [0, 0.05) is 31.8 Å². The number of allylic oxidation sites excluding steroid dienone is 1. The Labute approximate surface area is 176 Å². The van der Waals surface area contributed by atoms with E-state index in [1.54, 1.807) is 14.2 Å². The summed E-state index contributed by atoms with van der Waals surface area (Å²) in [6.45, 7) is 2.94. The lowest BCUT2D eigenvalue weighted by Gasteiger charge is -2.61. The molecule has 4 bridgehead atoms. The summed E-state index contributed by atoms with van der Waals surface area (Å²) in [4.78, 5) is 18.2. The van der Waals surface area contributed by atoms with Crippen LogP contribution in [0.25, 0.3) is 0 Å². The zero-order valence-electron chi connectivity index (χ0n) is 18.1. The Bertz CT molecular complexity index is 992. The third-order valence-electron chi connectivity index (χ3n) is 8.59. The molecule has 4 heterocycles. The van der Waals surface area contributed by atoms with E-state index >= 15 is 0 Å². The Morgan fingerprint density at radius 2 is 1.97 bits per heavy atom. The fourth-order valence-electron chi connectivity index (χ4n) is 7.58. The van der Waals surface area contributed by atoms with Crippen molar-refractivity contribution < 1.29 is 23.7 Å². The minimum absolute atomic E-state index is 0.00190. The van der Waals surface area contributed by atoms with Crippen molar-refractivity contribution in [1.82, 2.24) is 4.90 Å². The number of hydrogen-bond donors (Lipinski definition) is 0. The molecular formula is C23H28N2O5. The molecule has 4 fully saturated rings. The number of ether oxygens (including phenoxy) is 4. The van der Waals surface area contributed by atoms with Crippen molar-refractivity contribution in [3.05, 3.63) is 29.3 Å². The molecule has 0 radical (unpaired) electrons. The number of carbonyl (C=O) groups is 1. The van der Waals surface area contributed by atoms with Crippen LogP contribution in [-0.4, -0.2) is 63.8 Å². The number of hydrogen-bond acceptors (Lipinski definition) is 7. The van der Waals surface area contributed by atoms with Crippen LogP contribution in [0.5, 0.6) is 11.5 Å². The molecule has 0 N–H and O–H groups in total. The van der Waals surface area contributed by atoms with Gasteiger partial charge in [-0.15, -0.1) is 0 Å². The van der Waals surface area contributed by atoms with E-state index in [2.05, 4.69) is 35.9 Å². The molecule has 1 aromatic carbocycles. The maximum atomic E-state index is 13.4. The Morgan fingerprint density at radius 3 is 2.63 bits per heavy atom. The summed E-state index contributed by atoms with van der Waals surface area (Å²) in [5, 5.41) is 0. The molecule has 1 aliphatic carbocycles. The van der Waals surface area contributed by atoms with Crippen LogP contribution >= 0.6 is 0 Å². The van der Waals surface area contributed by atoms with Crippen molar-refractivity contribution in [2.75, 3.05) is 39.8 Å². The molecule has 7 heteroatoms. The van der Waals surface area contributed by atoms with E-state index in [1.807, 2.05) is 6.07 Å². The molecule has 30 heavy (non-hydrogen) atoms. The number of fused-ring (bicyclic) bond motifs is 4. The van der Waals surface area contributed by atoms with Crippen LogP contribution in [0.3, 0.4) is 0 Å². The van der Waals surface area contributed by atoms with Gasteiger partial charge in [0.1, 0.15) is 6.23 Å². The largest absolute Gasteiger partial charge is 0.493 e. The summed E-state index contributed by atoms with van der Waals surface area (Å²) in [7, 11) is 6.90. The van der Waals surface area contributed by atoms with Crippen LogP contribution in [0.2, 0.25) is 0 Å². The number of esters is 1. The summed E-state index contributed by atoms with van der Waals surface area (Å²) in [5.74, 6) is 1.09. The number of anilines is 1. The van der Waals surface area contributed by atoms with Gasteiger partial charge in [0.25, 0.3) is 0 Å². The van der Waals surface area contributed by atoms with Crippen LogP contribution in [0.15, 0.2) is 23.8 Å². The number of rotatable bonds is 3. The van der Waals surface area contributed by atoms with Crippen molar-refractivity contribution in [1.29, 1.82) is 0 Å². The second kappa shape index (κ2) is 5.71. The fourth-order valence-corrected chi connectivity index (χ4v) is 7.58. The molecular weight excluding hydrogens is 384 g/mol. The number of carbonyl (C=O) groups excluding carboxylic acids is 1. The van der Waals surface area contributed by atoms with E-state index in [1.165, 1.54) is 12.7 Å². The standard InChI is InChI=1S/C23H28N2O5/c1-6-12-11-25-18-7-13(12)20(21(26)29-5)22-10-19(25)30-23(18,22)24(2)15-9-17(28-4)16(27-3)8-14(15)22/h6,8-9,13,18-20H,7,10-11H2,1-5H3/t13-,18-,19-,20+,22-,23-/m0/s1. The topological polar surface area (TPSA) is 60.5 Å². The predicted octanol–water partition coefficient (Wildman–Crippen LogP) is 2.29. The minimum Gasteiger partial charge on any atom is -0.493 e. The van der Waals surface area contributed by atoms with Gasteiger partial charge in [0.2, 0.25) is 0 Å². The average molecular weight is 412 g/mol. The van der Waals surface area contributed by atoms with Crippen molar-refractivity contribution in [2.24, 2.45) is 11.8 Å². The Balaban J connectivity index is 1.67. The summed E-state index contributed by atoms with van der Waals surface area (Å²) >= 11 is 0. The van der Waals surface area contributed by atoms with Crippen molar-refractivity contribution >= 4 is 11.7 Å². The lowest BCUT2D eigenvalue weighted by Crippen LogP contribution is -2.75. The monoisotopic (exact) mass is 412 g/mol. The summed E-state index contributed by atoms with van der Waals surface area (Å²) in [6, 6.07) is 4.34. The number of piperidine rings is 2. The van der Waals surface area contributed by atoms with Crippen LogP contribution in [0, 0.1) is 11.8 Å². The van der Waals surface area contributed by atoms with E-state index in [4.69, 9.17) is 18.9 Å². The van der Waals surface area contributed by atoms with Gasteiger partial charge in [-0.25, -0.2) is 0 Å². The normalized spacial score (nSPS) is 41.2. The van der Waals surface area contributed by atoms with Gasteiger partial charge in [-0.1, -0.05) is 11.6 Å². The molecule has 0 unspecified atom stereocenters. The van der Waals surface area contributed by atoms with E-state index in [0.29, 0.717) is 11.5 Å². The Hall–Kier alpha value is -2.25. The zero-order valence-corrected chi connectivity index (χ0v) is 18.1. The van der Waals surface area contributed by atoms with Crippen molar-refractivity contribution in [3.8, 4) is 11.5 Å². The van der Waals surface area contributed by atoms with Crippen molar-refractivity contribution in [2.45, 2.75) is 43.2 Å². The summed E-state index contributed by atoms with van der Waals surface area (Å²) < 4.78 is 23.6. The maximum Gasteiger partial charge on any atom is 0.310 e. The highest BCUT2D eigenvalue weighted by Crippen LogP contribution is 2.74. The van der Waals surface area contributed by atoms with Gasteiger partial charge in [-0.3, -0.25) is 9.69 Å². The third kappa shape index (κ3) is 1.69. The number of nitrogens with zero attached hydrogens (tertiary/aromatic N) is 2. The predicted molar refractivity (Wildman–Crippen MR) is 110 cm³/mol. The second-order valence-corrected chi connectivity index (χ2v) is 9.12. The SMILES string of the molecule is CC=C1CN2[C@@H]3C[C@@]45c6cc(OC)c(OC)cc6N(C)[C@]4(O3)[C@@H]2C[C@@H]1[C@@H]5C(=O)OC. The van der Waals surface area contributed by atoms with Crippen LogP contribution < -0.4 is 14.4 Å². The van der Waals surface area contributed by atoms with Gasteiger partial charge in [0.05, 0.1) is 38.7 Å². The third-order valence-corrected chi connectivity index (χ3v) is 8.59. The molecule has 7 nitrogen and oxygen atoms in total. The molecule has 3 saturated heterocycles. The molecule has 6 atom stereocenters. The number of methoxy groups -OCH3 is 3. The average Bonchev–Trinajstić information content (AvgIpc) is 3.37. The molecule has 1 aromatic rings. The lowest BCUT2D eigenvalue weighted by molar-refractivity contribution is -0.162. The lowest BCUT2D eigenvalue weighted by atomic mass is 9.49. The molecule has 5 aliphatic rings. The first-order chi connectivity index (χ1) is 14.5. The van der Waals surface area contributed by atoms with E-state index < -0.39 is 11.1 Å². The van der Waals surface area contributed by atoms with Gasteiger partial charge in [-0.05, 0) is 30.9 Å². The fraction of sp³-hybridized carbons (Fsp3) is 0.609. The van der Waals surface area contributed by atoms with Crippen LogP contribution in [0.1, 0.15) is 25.3 Å². The van der Waals surface area contributed by atoms with Crippen LogP contribution in [-0.2, 0) is 19.7 Å². The smallest absolute Gasteiger partial charge is 0.310 e. The molecule has 0 aromatic heterocycles. The number of likely N-dealkylation sites (N-methyl/N-ethyl adjacent to an activating group) is 1. The Morgan fingerprint density at radius 1 is 1.23 bits per heavy atom. The first-order valence-electron chi connectivity index (χ1n) is 10.6. The molecule has 160 valence electrons.